The summed E-state index contributed by atoms with van der Waals surface area (Å²) < 4.78 is 0. The molecule has 0 radical (unpaired) electrons. The fraction of sp³-hybridized carbons (Fsp3) is 0.467. The Morgan fingerprint density at radius 1 is 1.25 bits per heavy atom. The van der Waals surface area contributed by atoms with Gasteiger partial charge in [-0.25, -0.2) is 4.79 Å². The van der Waals surface area contributed by atoms with Crippen LogP contribution < -0.4 is 5.32 Å². The lowest BCUT2D eigenvalue weighted by atomic mass is 10.1. The van der Waals surface area contributed by atoms with Gasteiger partial charge in [-0.1, -0.05) is 29.3 Å². The summed E-state index contributed by atoms with van der Waals surface area (Å²) in [5.41, 5.74) is 3.73. The zero-order valence-electron chi connectivity index (χ0n) is 12.1. The highest BCUT2D eigenvalue weighted by atomic mass is 32.2. The van der Waals surface area contributed by atoms with Gasteiger partial charge in [-0.05, 0) is 31.6 Å². The van der Waals surface area contributed by atoms with Crippen LogP contribution >= 0.6 is 11.8 Å². The van der Waals surface area contributed by atoms with Gasteiger partial charge in [0.2, 0.25) is 5.91 Å². The molecule has 1 aromatic carbocycles. The predicted molar refractivity (Wildman–Crippen MR) is 81.9 cm³/mol. The molecule has 1 aromatic rings. The van der Waals surface area contributed by atoms with E-state index in [1.807, 2.05) is 0 Å². The summed E-state index contributed by atoms with van der Waals surface area (Å²) in [6, 6.07) is 5.62. The number of aryl methyl sites for hydroxylation is 2. The van der Waals surface area contributed by atoms with Gasteiger partial charge in [0.25, 0.3) is 0 Å². The first kappa shape index (κ1) is 16.6. The van der Waals surface area contributed by atoms with Crippen LogP contribution in [0.25, 0.3) is 0 Å². The number of carbonyl (C=O) groups is 2. The molecule has 0 aliphatic carbocycles. The van der Waals surface area contributed by atoms with E-state index in [-0.39, 0.29) is 5.91 Å². The Labute approximate surface area is 124 Å². The quantitative estimate of drug-likeness (QED) is 0.759. The molecule has 1 amide bonds. The summed E-state index contributed by atoms with van der Waals surface area (Å²) in [6.45, 7) is 5.47. The number of hydrogen-bond donors (Lipinski definition) is 2. The van der Waals surface area contributed by atoms with Crippen molar-refractivity contribution in [1.82, 2.24) is 5.32 Å². The van der Waals surface area contributed by atoms with E-state index >= 15 is 0 Å². The monoisotopic (exact) mass is 295 g/mol. The number of carboxylic acids is 1. The van der Waals surface area contributed by atoms with Gasteiger partial charge in [-0.15, -0.1) is 0 Å². The molecular weight excluding hydrogens is 274 g/mol. The maximum Gasteiger partial charge on any atom is 0.326 e. The molecule has 0 aliphatic heterocycles. The van der Waals surface area contributed by atoms with Gasteiger partial charge in [0, 0.05) is 12.7 Å². The van der Waals surface area contributed by atoms with E-state index in [1.54, 1.807) is 11.8 Å². The summed E-state index contributed by atoms with van der Waals surface area (Å²) >= 11 is 1.68. The second-order valence-electron chi connectivity index (χ2n) is 4.93. The fourth-order valence-electron chi connectivity index (χ4n) is 2.05. The van der Waals surface area contributed by atoms with Crippen molar-refractivity contribution < 1.29 is 14.7 Å². The summed E-state index contributed by atoms with van der Waals surface area (Å²) in [7, 11) is 0. The molecular formula is C15H21NO3S. The summed E-state index contributed by atoms with van der Waals surface area (Å²) in [5.74, 6) is 0.267. The molecule has 0 spiro atoms. The fourth-order valence-corrected chi connectivity index (χ4v) is 3.00. The largest absolute Gasteiger partial charge is 0.480 e. The van der Waals surface area contributed by atoms with Crippen LogP contribution in [0.2, 0.25) is 0 Å². The van der Waals surface area contributed by atoms with Gasteiger partial charge in [-0.3, -0.25) is 4.79 Å². The number of benzene rings is 1. The summed E-state index contributed by atoms with van der Waals surface area (Å²) in [5, 5.41) is 11.4. The average molecular weight is 295 g/mol. The van der Waals surface area contributed by atoms with Crippen LogP contribution in [-0.4, -0.2) is 28.8 Å². The minimum Gasteiger partial charge on any atom is -0.480 e. The molecule has 0 aliphatic rings. The molecule has 0 bridgehead atoms. The molecule has 5 heteroatoms. The highest BCUT2D eigenvalue weighted by Crippen LogP contribution is 2.17. The Kier molecular flexibility index (Phi) is 6.58. The van der Waals surface area contributed by atoms with Crippen LogP contribution in [-0.2, 0) is 15.3 Å². The molecule has 0 aromatic heterocycles. The molecule has 0 heterocycles. The first-order chi connectivity index (χ1) is 9.38. The molecule has 20 heavy (non-hydrogen) atoms. The average Bonchev–Trinajstić information content (AvgIpc) is 2.31. The van der Waals surface area contributed by atoms with Crippen LogP contribution in [0.4, 0.5) is 0 Å². The molecule has 4 nitrogen and oxygen atoms in total. The Bertz CT molecular complexity index is 468. The number of amides is 1. The van der Waals surface area contributed by atoms with Crippen molar-refractivity contribution >= 4 is 23.6 Å². The minimum atomic E-state index is -0.979. The van der Waals surface area contributed by atoms with E-state index in [1.165, 1.54) is 23.6 Å². The number of carbonyl (C=O) groups excluding carboxylic acids is 1. The highest BCUT2D eigenvalue weighted by molar-refractivity contribution is 7.98. The zero-order chi connectivity index (χ0) is 15.1. The van der Waals surface area contributed by atoms with E-state index in [0.29, 0.717) is 12.2 Å². The smallest absolute Gasteiger partial charge is 0.326 e. The first-order valence-electron chi connectivity index (χ1n) is 6.53. The van der Waals surface area contributed by atoms with Gasteiger partial charge in [0.1, 0.15) is 6.04 Å². The van der Waals surface area contributed by atoms with Crippen LogP contribution in [0.1, 0.15) is 30.0 Å². The molecule has 1 unspecified atom stereocenters. The second kappa shape index (κ2) is 7.94. The minimum absolute atomic E-state index is 0.309. The number of hydrogen-bond acceptors (Lipinski definition) is 3. The van der Waals surface area contributed by atoms with Crippen molar-refractivity contribution in [3.63, 3.8) is 0 Å². The Hall–Kier alpha value is -1.49. The van der Waals surface area contributed by atoms with Gasteiger partial charge in [-0.2, -0.15) is 11.8 Å². The maximum atomic E-state index is 11.0. The molecule has 0 fully saturated rings. The van der Waals surface area contributed by atoms with Crippen molar-refractivity contribution in [2.45, 2.75) is 39.0 Å². The predicted octanol–water partition coefficient (Wildman–Crippen LogP) is 2.52. The lowest BCUT2D eigenvalue weighted by Gasteiger charge is -2.12. The number of nitrogens with one attached hydrogen (secondary N) is 1. The van der Waals surface area contributed by atoms with Gasteiger partial charge in [0.05, 0.1) is 0 Å². The molecule has 0 saturated heterocycles. The van der Waals surface area contributed by atoms with Crippen molar-refractivity contribution in [3.8, 4) is 0 Å². The third-order valence-corrected chi connectivity index (χ3v) is 3.84. The SMILES string of the molecule is CC(=O)NC(CCSCc1cc(C)cc(C)c1)C(=O)O. The normalized spacial score (nSPS) is 11.9. The summed E-state index contributed by atoms with van der Waals surface area (Å²) in [4.78, 5) is 21.9. The molecule has 1 atom stereocenters. The molecule has 110 valence electrons. The van der Waals surface area contributed by atoms with Gasteiger partial charge in [0.15, 0.2) is 0 Å². The van der Waals surface area contributed by atoms with Gasteiger partial charge < -0.3 is 10.4 Å². The van der Waals surface area contributed by atoms with Crippen molar-refractivity contribution in [1.29, 1.82) is 0 Å². The molecule has 1 rings (SSSR count). The van der Waals surface area contributed by atoms with E-state index < -0.39 is 12.0 Å². The number of aliphatic carboxylic acids is 1. The molecule has 2 N–H and O–H groups in total. The van der Waals surface area contributed by atoms with Gasteiger partial charge >= 0.3 is 5.97 Å². The lowest BCUT2D eigenvalue weighted by Crippen LogP contribution is -2.39. The zero-order valence-corrected chi connectivity index (χ0v) is 12.9. The van der Waals surface area contributed by atoms with Crippen molar-refractivity contribution in [2.24, 2.45) is 0 Å². The summed E-state index contributed by atoms with van der Waals surface area (Å²) in [6.07, 6.45) is 0.435. The lowest BCUT2D eigenvalue weighted by molar-refractivity contribution is -0.141. The Balaban J connectivity index is 2.39. The van der Waals surface area contributed by atoms with E-state index in [0.717, 1.165) is 5.75 Å². The highest BCUT2D eigenvalue weighted by Gasteiger charge is 2.17. The topological polar surface area (TPSA) is 66.4 Å². The third kappa shape index (κ3) is 6.10. The van der Waals surface area contributed by atoms with Crippen LogP contribution in [0.5, 0.6) is 0 Å². The van der Waals surface area contributed by atoms with E-state index in [9.17, 15) is 9.59 Å². The second-order valence-corrected chi connectivity index (χ2v) is 6.03. The van der Waals surface area contributed by atoms with E-state index in [2.05, 4.69) is 37.4 Å². The maximum absolute atomic E-state index is 11.0. The Morgan fingerprint density at radius 3 is 2.35 bits per heavy atom. The number of rotatable bonds is 7. The molecule has 0 saturated carbocycles. The van der Waals surface area contributed by atoms with Crippen molar-refractivity contribution in [2.75, 3.05) is 5.75 Å². The number of carboxylic acid groups (broad SMARTS) is 1. The van der Waals surface area contributed by atoms with Crippen molar-refractivity contribution in [3.05, 3.63) is 34.9 Å². The van der Waals surface area contributed by atoms with Crippen LogP contribution in [0.15, 0.2) is 18.2 Å². The number of thioether (sulfide) groups is 1. The van der Waals surface area contributed by atoms with E-state index in [4.69, 9.17) is 5.11 Å². The van der Waals surface area contributed by atoms with Crippen LogP contribution in [0.3, 0.4) is 0 Å². The third-order valence-electron chi connectivity index (χ3n) is 2.78. The van der Waals surface area contributed by atoms with Crippen LogP contribution in [0, 0.1) is 13.8 Å². The first-order valence-corrected chi connectivity index (χ1v) is 7.69. The standard InChI is InChI=1S/C15H21NO3S/c1-10-6-11(2)8-13(7-10)9-20-5-4-14(15(18)19)16-12(3)17/h6-8,14H,4-5,9H2,1-3H3,(H,16,17)(H,18,19). The Morgan fingerprint density at radius 2 is 1.85 bits per heavy atom.